The number of fused-ring (bicyclic) bond motifs is 3. The molecule has 0 amide bonds. The van der Waals surface area contributed by atoms with E-state index in [9.17, 15) is 35.4 Å². The van der Waals surface area contributed by atoms with Crippen molar-refractivity contribution in [2.45, 2.75) is 54.8 Å². The smallest absolute Gasteiger partial charge is 0.331 e. The molecule has 2 saturated heterocycles. The number of carbonyl (C=O) groups excluding carboxylic acids is 1. The number of esters is 1. The van der Waals surface area contributed by atoms with E-state index in [0.717, 1.165) is 0 Å². The zero-order valence-corrected chi connectivity index (χ0v) is 20.3. The summed E-state index contributed by atoms with van der Waals surface area (Å²) in [7, 11) is 1.42. The number of phenolic OH excluding ortho intramolecular Hbond substituents is 1. The molecule has 13 nitrogen and oxygen atoms in total. The molecule has 3 heterocycles. The highest BCUT2D eigenvalue weighted by Crippen LogP contribution is 2.60. The maximum atomic E-state index is 12.7. The number of carbonyl (C=O) groups is 1. The molecule has 0 bridgehead atoms. The minimum Gasteiger partial charge on any atom is -0.504 e. The predicted molar refractivity (Wildman–Crippen MR) is 124 cm³/mol. The molecule has 1 aromatic carbocycles. The summed E-state index contributed by atoms with van der Waals surface area (Å²) in [6.45, 7) is -1.06. The predicted octanol–water partition coefficient (Wildman–Crippen LogP) is -1.61. The second-order valence-electron chi connectivity index (χ2n) is 9.59. The standard InChI is InChI=1S/C25H30O13/c1-33-14-4-2-11(8-13(14)28)3-5-16(29)36-21-12-6-7-34-23(17(12)25(10-27)22(21)38-25)37-24-20(32)19(31)18(30)15(9-26)35-24/h2-8,12,15,17-24,26-28,30-32H,9-10H2,1H3/b5-3+/t12-,15?,17-,18?,19?,20?,21?,22?,23?,24?,25-/m1/s1. The average molecular weight is 539 g/mol. The Morgan fingerprint density at radius 3 is 2.61 bits per heavy atom. The van der Waals surface area contributed by atoms with Crippen LogP contribution in [0.25, 0.3) is 6.08 Å². The highest BCUT2D eigenvalue weighted by molar-refractivity contribution is 5.87. The van der Waals surface area contributed by atoms with Crippen molar-refractivity contribution in [2.75, 3.05) is 20.3 Å². The van der Waals surface area contributed by atoms with Gasteiger partial charge in [-0.15, -0.1) is 0 Å². The zero-order valence-electron chi connectivity index (χ0n) is 20.3. The molecule has 8 unspecified atom stereocenters. The van der Waals surface area contributed by atoms with E-state index in [4.69, 9.17) is 28.4 Å². The molecule has 11 atom stereocenters. The van der Waals surface area contributed by atoms with E-state index in [1.165, 1.54) is 31.6 Å². The van der Waals surface area contributed by atoms with Gasteiger partial charge in [-0.2, -0.15) is 0 Å². The van der Waals surface area contributed by atoms with Gasteiger partial charge >= 0.3 is 5.97 Å². The summed E-state index contributed by atoms with van der Waals surface area (Å²) in [4.78, 5) is 12.7. The number of rotatable bonds is 8. The monoisotopic (exact) mass is 538 g/mol. The van der Waals surface area contributed by atoms with Crippen molar-refractivity contribution in [1.82, 2.24) is 0 Å². The Morgan fingerprint density at radius 2 is 1.92 bits per heavy atom. The fourth-order valence-corrected chi connectivity index (χ4v) is 5.44. The van der Waals surface area contributed by atoms with Crippen LogP contribution in [0.3, 0.4) is 0 Å². The molecule has 13 heteroatoms. The minimum atomic E-state index is -1.65. The third-order valence-electron chi connectivity index (χ3n) is 7.46. The summed E-state index contributed by atoms with van der Waals surface area (Å²) in [6.07, 6.45) is -4.45. The van der Waals surface area contributed by atoms with Gasteiger partial charge in [-0.05, 0) is 29.8 Å². The Bertz CT molecular complexity index is 1090. The van der Waals surface area contributed by atoms with Crippen LogP contribution in [0.1, 0.15) is 5.56 Å². The first-order valence-electron chi connectivity index (χ1n) is 12.1. The van der Waals surface area contributed by atoms with Crippen molar-refractivity contribution >= 4 is 12.0 Å². The Kier molecular flexibility index (Phi) is 7.37. The number of aliphatic hydroxyl groups excluding tert-OH is 5. The fourth-order valence-electron chi connectivity index (χ4n) is 5.44. The van der Waals surface area contributed by atoms with Crippen LogP contribution < -0.4 is 4.74 Å². The van der Waals surface area contributed by atoms with E-state index in [1.807, 2.05) is 0 Å². The van der Waals surface area contributed by atoms with Crippen molar-refractivity contribution < 1.29 is 63.9 Å². The first kappa shape index (κ1) is 26.8. The van der Waals surface area contributed by atoms with Crippen LogP contribution in [-0.4, -0.2) is 112 Å². The Hall–Kier alpha value is -2.75. The minimum absolute atomic E-state index is 0.0847. The largest absolute Gasteiger partial charge is 0.504 e. The number of aliphatic hydroxyl groups is 5. The maximum Gasteiger partial charge on any atom is 0.331 e. The van der Waals surface area contributed by atoms with Crippen molar-refractivity contribution in [2.24, 2.45) is 11.8 Å². The van der Waals surface area contributed by atoms with Gasteiger partial charge in [-0.25, -0.2) is 4.79 Å². The van der Waals surface area contributed by atoms with E-state index in [1.54, 1.807) is 18.2 Å². The Balaban J connectivity index is 1.29. The van der Waals surface area contributed by atoms with Crippen LogP contribution in [-0.2, 0) is 28.5 Å². The molecular weight excluding hydrogens is 508 g/mol. The third kappa shape index (κ3) is 4.54. The summed E-state index contributed by atoms with van der Waals surface area (Å²) in [5.74, 6) is -1.65. The van der Waals surface area contributed by atoms with Gasteiger partial charge in [0.05, 0.1) is 32.5 Å². The summed E-state index contributed by atoms with van der Waals surface area (Å²) in [5.41, 5.74) is -0.610. The Morgan fingerprint density at radius 1 is 1.13 bits per heavy atom. The molecule has 1 aliphatic carbocycles. The van der Waals surface area contributed by atoms with E-state index < -0.39 is 85.8 Å². The van der Waals surface area contributed by atoms with Gasteiger partial charge in [-0.3, -0.25) is 0 Å². The molecule has 0 radical (unpaired) electrons. The number of methoxy groups -OCH3 is 1. The lowest BCUT2D eigenvalue weighted by atomic mass is 9.85. The van der Waals surface area contributed by atoms with E-state index >= 15 is 0 Å². The van der Waals surface area contributed by atoms with Crippen LogP contribution >= 0.6 is 0 Å². The molecule has 5 rings (SSSR count). The van der Waals surface area contributed by atoms with E-state index in [2.05, 4.69) is 0 Å². The average Bonchev–Trinajstić information content (AvgIpc) is 3.59. The summed E-state index contributed by atoms with van der Waals surface area (Å²) in [6, 6.07) is 4.63. The molecule has 38 heavy (non-hydrogen) atoms. The highest BCUT2D eigenvalue weighted by atomic mass is 16.8. The van der Waals surface area contributed by atoms with E-state index in [0.29, 0.717) is 11.3 Å². The van der Waals surface area contributed by atoms with E-state index in [-0.39, 0.29) is 5.75 Å². The summed E-state index contributed by atoms with van der Waals surface area (Å²) in [5, 5.41) is 60.0. The van der Waals surface area contributed by atoms with Gasteiger partial charge in [0.25, 0.3) is 0 Å². The van der Waals surface area contributed by atoms with Gasteiger partial charge in [0.15, 0.2) is 17.8 Å². The second-order valence-corrected chi connectivity index (χ2v) is 9.59. The molecule has 0 aromatic heterocycles. The first-order chi connectivity index (χ1) is 18.2. The SMILES string of the molecule is COc1ccc(/C=C/C(=O)OC2C3O[C@]3(CO)[C@H]3C(OC4OC(CO)C(O)C(O)C4O)OC=C[C@@H]23)cc1O. The number of ether oxygens (including phenoxy) is 6. The van der Waals surface area contributed by atoms with Crippen LogP contribution in [0, 0.1) is 11.8 Å². The van der Waals surface area contributed by atoms with Gasteiger partial charge in [0, 0.05) is 12.0 Å². The Labute approximate surface area is 217 Å². The lowest BCUT2D eigenvalue weighted by Gasteiger charge is -2.43. The molecule has 6 N–H and O–H groups in total. The first-order valence-corrected chi connectivity index (χ1v) is 12.1. The van der Waals surface area contributed by atoms with Crippen LogP contribution in [0.4, 0.5) is 0 Å². The highest BCUT2D eigenvalue weighted by Gasteiger charge is 2.77. The molecule has 0 spiro atoms. The molecule has 1 aromatic rings. The third-order valence-corrected chi connectivity index (χ3v) is 7.46. The lowest BCUT2D eigenvalue weighted by Crippen LogP contribution is -2.60. The van der Waals surface area contributed by atoms with Crippen molar-refractivity contribution in [1.29, 1.82) is 0 Å². The van der Waals surface area contributed by atoms with Crippen molar-refractivity contribution in [3.63, 3.8) is 0 Å². The normalized spacial score (nSPS) is 41.3. The second kappa shape index (κ2) is 10.4. The number of hydrogen-bond acceptors (Lipinski definition) is 13. The molecule has 1 saturated carbocycles. The van der Waals surface area contributed by atoms with Gasteiger partial charge < -0.3 is 59.1 Å². The summed E-state index contributed by atoms with van der Waals surface area (Å²) < 4.78 is 33.3. The number of benzene rings is 1. The van der Waals surface area contributed by atoms with Gasteiger partial charge in [0.1, 0.15) is 42.2 Å². The number of aromatic hydroxyl groups is 1. The molecule has 3 fully saturated rings. The summed E-state index contributed by atoms with van der Waals surface area (Å²) >= 11 is 0. The number of hydrogen-bond donors (Lipinski definition) is 6. The quantitative estimate of drug-likeness (QED) is 0.126. The van der Waals surface area contributed by atoms with Crippen molar-refractivity contribution in [3.8, 4) is 11.5 Å². The molecule has 4 aliphatic rings. The van der Waals surface area contributed by atoms with Crippen LogP contribution in [0.2, 0.25) is 0 Å². The van der Waals surface area contributed by atoms with Crippen LogP contribution in [0.5, 0.6) is 11.5 Å². The fraction of sp³-hybridized carbons (Fsp3) is 0.560. The lowest BCUT2D eigenvalue weighted by molar-refractivity contribution is -0.344. The number of phenols is 1. The zero-order chi connectivity index (χ0) is 27.2. The van der Waals surface area contributed by atoms with Crippen LogP contribution in [0.15, 0.2) is 36.6 Å². The molecular formula is C25H30O13. The number of epoxide rings is 1. The molecule has 3 aliphatic heterocycles. The molecule has 208 valence electrons. The topological polar surface area (TPSA) is 197 Å². The van der Waals surface area contributed by atoms with Gasteiger partial charge in [0.2, 0.25) is 6.29 Å². The van der Waals surface area contributed by atoms with Crippen molar-refractivity contribution in [3.05, 3.63) is 42.2 Å². The van der Waals surface area contributed by atoms with Gasteiger partial charge in [-0.1, -0.05) is 6.07 Å². The maximum absolute atomic E-state index is 12.7.